The number of pyridine rings is 1. The fourth-order valence-corrected chi connectivity index (χ4v) is 2.78. The minimum absolute atomic E-state index is 0.213. The molecule has 0 unspecified atom stereocenters. The van der Waals surface area contributed by atoms with Gasteiger partial charge in [0.25, 0.3) is 0 Å². The molecule has 4 nitrogen and oxygen atoms in total. The maximum Gasteiger partial charge on any atom is 0.136 e. The molecule has 1 aliphatic rings. The minimum atomic E-state index is -0.213. The lowest BCUT2D eigenvalue weighted by molar-refractivity contribution is 0.144. The summed E-state index contributed by atoms with van der Waals surface area (Å²) in [5, 5.41) is 1.92. The van der Waals surface area contributed by atoms with E-state index in [9.17, 15) is 4.39 Å². The smallest absolute Gasteiger partial charge is 0.136 e. The second-order valence-corrected chi connectivity index (χ2v) is 5.32. The number of fused-ring (bicyclic) bond motifs is 1. The van der Waals surface area contributed by atoms with E-state index in [0.29, 0.717) is 0 Å². The van der Waals surface area contributed by atoms with Crippen molar-refractivity contribution in [3.63, 3.8) is 0 Å². The van der Waals surface area contributed by atoms with Crippen molar-refractivity contribution in [2.75, 3.05) is 51.3 Å². The Hall–Kier alpha value is -1.72. The molecule has 0 atom stereocenters. The van der Waals surface area contributed by atoms with Crippen LogP contribution in [0, 0.1) is 5.82 Å². The molecule has 3 rings (SSSR count). The van der Waals surface area contributed by atoms with E-state index >= 15 is 0 Å². The van der Waals surface area contributed by atoms with Gasteiger partial charge in [-0.3, -0.25) is 4.90 Å². The number of aromatic nitrogens is 1. The van der Waals surface area contributed by atoms with E-state index in [0.717, 1.165) is 55.9 Å². The molecule has 0 N–H and O–H groups in total. The number of benzene rings is 1. The van der Waals surface area contributed by atoms with E-state index in [4.69, 9.17) is 4.74 Å². The van der Waals surface area contributed by atoms with Crippen LogP contribution in [-0.2, 0) is 4.74 Å². The lowest BCUT2D eigenvalue weighted by Gasteiger charge is -2.35. The zero-order valence-electron chi connectivity index (χ0n) is 12.3. The summed E-state index contributed by atoms with van der Waals surface area (Å²) in [6.45, 7) is 5.51. The fraction of sp³-hybridized carbons (Fsp3) is 0.438. The largest absolute Gasteiger partial charge is 0.383 e. The molecule has 0 spiro atoms. The molecule has 0 saturated carbocycles. The fourth-order valence-electron chi connectivity index (χ4n) is 2.78. The zero-order valence-corrected chi connectivity index (χ0v) is 12.3. The average Bonchev–Trinajstić information content (AvgIpc) is 2.53. The molecule has 1 aliphatic heterocycles. The standard InChI is InChI=1S/C16H20FN3O/c1-21-11-10-19-6-8-20(9-7-19)16-15-12-14(17)3-2-13(15)4-5-18-16/h2-5,12H,6-11H2,1H3. The Morgan fingerprint density at radius 3 is 2.76 bits per heavy atom. The van der Waals surface area contributed by atoms with Crippen LogP contribution in [0.3, 0.4) is 0 Å². The Kier molecular flexibility index (Phi) is 4.31. The predicted molar refractivity (Wildman–Crippen MR) is 82.2 cm³/mol. The topological polar surface area (TPSA) is 28.6 Å². The van der Waals surface area contributed by atoms with Crippen molar-refractivity contribution in [2.45, 2.75) is 0 Å². The van der Waals surface area contributed by atoms with Crippen molar-refractivity contribution in [1.82, 2.24) is 9.88 Å². The van der Waals surface area contributed by atoms with Crippen LogP contribution in [0.5, 0.6) is 0 Å². The second-order valence-electron chi connectivity index (χ2n) is 5.32. The Morgan fingerprint density at radius 2 is 2.00 bits per heavy atom. The number of hydrogen-bond acceptors (Lipinski definition) is 4. The average molecular weight is 289 g/mol. The van der Waals surface area contributed by atoms with Gasteiger partial charge in [0.2, 0.25) is 0 Å². The Bertz CT molecular complexity index is 611. The summed E-state index contributed by atoms with van der Waals surface area (Å²) < 4.78 is 18.6. The van der Waals surface area contributed by atoms with E-state index in [1.165, 1.54) is 6.07 Å². The van der Waals surface area contributed by atoms with Gasteiger partial charge in [0, 0.05) is 51.4 Å². The highest BCUT2D eigenvalue weighted by Gasteiger charge is 2.19. The van der Waals surface area contributed by atoms with Crippen LogP contribution in [0.25, 0.3) is 10.8 Å². The first kappa shape index (κ1) is 14.2. The molecule has 5 heteroatoms. The maximum atomic E-state index is 13.5. The number of rotatable bonds is 4. The van der Waals surface area contributed by atoms with Crippen molar-refractivity contribution in [2.24, 2.45) is 0 Å². The highest BCUT2D eigenvalue weighted by atomic mass is 19.1. The lowest BCUT2D eigenvalue weighted by atomic mass is 10.1. The van der Waals surface area contributed by atoms with Gasteiger partial charge >= 0.3 is 0 Å². The summed E-state index contributed by atoms with van der Waals surface area (Å²) in [5.74, 6) is 0.675. The Labute approximate surface area is 124 Å². The van der Waals surface area contributed by atoms with Gasteiger partial charge in [0.15, 0.2) is 0 Å². The first-order chi connectivity index (χ1) is 10.3. The number of piperazine rings is 1. The second kappa shape index (κ2) is 6.37. The van der Waals surface area contributed by atoms with E-state index in [2.05, 4.69) is 14.8 Å². The SMILES string of the molecule is COCCN1CCN(c2nccc3ccc(F)cc23)CC1. The molecule has 2 aromatic rings. The van der Waals surface area contributed by atoms with Crippen LogP contribution in [-0.4, -0.2) is 56.3 Å². The van der Waals surface area contributed by atoms with Gasteiger partial charge in [-0.15, -0.1) is 0 Å². The number of methoxy groups -OCH3 is 1. The summed E-state index contributed by atoms with van der Waals surface area (Å²) in [6, 6.07) is 6.81. The first-order valence-corrected chi connectivity index (χ1v) is 7.28. The third-order valence-corrected chi connectivity index (χ3v) is 3.99. The molecular formula is C16H20FN3O. The van der Waals surface area contributed by atoms with E-state index < -0.39 is 0 Å². The number of hydrogen-bond donors (Lipinski definition) is 0. The van der Waals surface area contributed by atoms with Gasteiger partial charge in [0.05, 0.1) is 6.61 Å². The summed E-state index contributed by atoms with van der Waals surface area (Å²) in [6.07, 6.45) is 1.80. The van der Waals surface area contributed by atoms with E-state index in [-0.39, 0.29) is 5.82 Å². The number of anilines is 1. The van der Waals surface area contributed by atoms with Gasteiger partial charge in [0.1, 0.15) is 11.6 Å². The van der Waals surface area contributed by atoms with Crippen molar-refractivity contribution >= 4 is 16.6 Å². The molecule has 1 aromatic carbocycles. The zero-order chi connectivity index (χ0) is 14.7. The highest BCUT2D eigenvalue weighted by molar-refractivity contribution is 5.92. The molecule has 21 heavy (non-hydrogen) atoms. The minimum Gasteiger partial charge on any atom is -0.383 e. The predicted octanol–water partition coefficient (Wildman–Crippen LogP) is 2.14. The number of ether oxygens (including phenoxy) is 1. The molecule has 1 aromatic heterocycles. The summed E-state index contributed by atoms with van der Waals surface area (Å²) in [5.41, 5.74) is 0. The molecular weight excluding hydrogens is 269 g/mol. The monoisotopic (exact) mass is 289 g/mol. The third kappa shape index (κ3) is 3.14. The summed E-state index contributed by atoms with van der Waals surface area (Å²) >= 11 is 0. The molecule has 1 saturated heterocycles. The van der Waals surface area contributed by atoms with Crippen LogP contribution in [0.4, 0.5) is 10.2 Å². The van der Waals surface area contributed by atoms with Crippen molar-refractivity contribution in [3.05, 3.63) is 36.3 Å². The van der Waals surface area contributed by atoms with Crippen LogP contribution >= 0.6 is 0 Å². The molecule has 1 fully saturated rings. The van der Waals surface area contributed by atoms with Crippen molar-refractivity contribution in [3.8, 4) is 0 Å². The molecule has 0 aliphatic carbocycles. The van der Waals surface area contributed by atoms with Crippen molar-refractivity contribution < 1.29 is 9.13 Å². The van der Waals surface area contributed by atoms with Crippen LogP contribution in [0.1, 0.15) is 0 Å². The normalized spacial score (nSPS) is 16.6. The molecule has 0 radical (unpaired) electrons. The van der Waals surface area contributed by atoms with Gasteiger partial charge < -0.3 is 9.64 Å². The van der Waals surface area contributed by atoms with Crippen LogP contribution in [0.2, 0.25) is 0 Å². The van der Waals surface area contributed by atoms with E-state index in [1.807, 2.05) is 12.1 Å². The third-order valence-electron chi connectivity index (χ3n) is 3.99. The molecule has 112 valence electrons. The number of nitrogens with zero attached hydrogens (tertiary/aromatic N) is 3. The Morgan fingerprint density at radius 1 is 1.19 bits per heavy atom. The van der Waals surface area contributed by atoms with Gasteiger partial charge in [-0.1, -0.05) is 6.07 Å². The molecule has 0 bridgehead atoms. The maximum absolute atomic E-state index is 13.5. The highest BCUT2D eigenvalue weighted by Crippen LogP contribution is 2.25. The van der Waals surface area contributed by atoms with E-state index in [1.54, 1.807) is 19.4 Å². The van der Waals surface area contributed by atoms with Crippen molar-refractivity contribution in [1.29, 1.82) is 0 Å². The number of halogens is 1. The quantitative estimate of drug-likeness (QED) is 0.862. The first-order valence-electron chi connectivity index (χ1n) is 7.28. The van der Waals surface area contributed by atoms with Gasteiger partial charge in [-0.2, -0.15) is 0 Å². The Balaban J connectivity index is 1.78. The summed E-state index contributed by atoms with van der Waals surface area (Å²) in [4.78, 5) is 9.10. The molecule has 0 amide bonds. The van der Waals surface area contributed by atoms with Gasteiger partial charge in [-0.25, -0.2) is 9.37 Å². The van der Waals surface area contributed by atoms with Crippen LogP contribution < -0.4 is 4.90 Å². The lowest BCUT2D eigenvalue weighted by Crippen LogP contribution is -2.47. The van der Waals surface area contributed by atoms with Gasteiger partial charge in [-0.05, 0) is 23.6 Å². The summed E-state index contributed by atoms with van der Waals surface area (Å²) in [7, 11) is 1.73. The molecule has 2 heterocycles. The van der Waals surface area contributed by atoms with Crippen LogP contribution in [0.15, 0.2) is 30.5 Å².